The van der Waals surface area contributed by atoms with Gasteiger partial charge in [-0.2, -0.15) is 10.1 Å². The van der Waals surface area contributed by atoms with Gasteiger partial charge >= 0.3 is 0 Å². The number of anilines is 1. The number of rotatable bonds is 7. The van der Waals surface area contributed by atoms with Gasteiger partial charge in [0, 0.05) is 0 Å². The Labute approximate surface area is 170 Å². The van der Waals surface area contributed by atoms with Crippen molar-refractivity contribution in [3.05, 3.63) is 58.6 Å². The lowest BCUT2D eigenvalue weighted by atomic mass is 10.1. The predicted octanol–water partition coefficient (Wildman–Crippen LogP) is 5.33. The zero-order chi connectivity index (χ0) is 20.1. The highest BCUT2D eigenvalue weighted by Gasteiger charge is 2.28. The molecule has 0 unspecified atom stereocenters. The van der Waals surface area contributed by atoms with Crippen molar-refractivity contribution >= 4 is 35.0 Å². The molecule has 1 amide bonds. The number of ether oxygens (including phenoxy) is 2. The first-order chi connectivity index (χ1) is 13.5. The van der Waals surface area contributed by atoms with Crippen LogP contribution in [0.3, 0.4) is 0 Å². The Hall–Kier alpha value is -2.79. The molecule has 2 aromatic carbocycles. The summed E-state index contributed by atoms with van der Waals surface area (Å²) in [6.07, 6.45) is 2.65. The van der Waals surface area contributed by atoms with E-state index in [2.05, 4.69) is 5.10 Å². The molecule has 0 aromatic heterocycles. The Morgan fingerprint density at radius 3 is 2.57 bits per heavy atom. The van der Waals surface area contributed by atoms with Crippen LogP contribution >= 0.6 is 11.6 Å². The number of nitrogens with zero attached hydrogens (tertiary/aromatic N) is 2. The van der Waals surface area contributed by atoms with E-state index in [9.17, 15) is 4.79 Å². The molecule has 0 saturated carbocycles. The molecule has 0 radical (unpaired) electrons. The van der Waals surface area contributed by atoms with E-state index in [0.717, 1.165) is 17.7 Å². The lowest BCUT2D eigenvalue weighted by Crippen LogP contribution is -2.21. The van der Waals surface area contributed by atoms with Crippen molar-refractivity contribution in [2.75, 3.05) is 18.2 Å². The van der Waals surface area contributed by atoms with Crippen molar-refractivity contribution in [2.24, 2.45) is 5.10 Å². The molecule has 1 aliphatic rings. The standard InChI is InChI=1S/C22H23ClN2O3/c1-4-11-28-21-19(23)13-16(14-20(21)27-5-2)12-18-15(3)24-25(22(18)26)17-9-7-6-8-10-17/h6-10,12-14H,4-5,11H2,1-3H3. The van der Waals surface area contributed by atoms with Gasteiger partial charge in [0.25, 0.3) is 5.91 Å². The third-order valence-corrected chi connectivity index (χ3v) is 4.44. The van der Waals surface area contributed by atoms with E-state index < -0.39 is 0 Å². The molecule has 0 atom stereocenters. The van der Waals surface area contributed by atoms with E-state index in [0.29, 0.717) is 41.0 Å². The third kappa shape index (κ3) is 4.20. The highest BCUT2D eigenvalue weighted by molar-refractivity contribution is 6.33. The van der Waals surface area contributed by atoms with E-state index in [4.69, 9.17) is 21.1 Å². The monoisotopic (exact) mass is 398 g/mol. The minimum absolute atomic E-state index is 0.177. The van der Waals surface area contributed by atoms with Crippen molar-refractivity contribution < 1.29 is 14.3 Å². The van der Waals surface area contributed by atoms with Gasteiger partial charge < -0.3 is 9.47 Å². The Morgan fingerprint density at radius 1 is 1.14 bits per heavy atom. The fourth-order valence-electron chi connectivity index (χ4n) is 2.87. The maximum Gasteiger partial charge on any atom is 0.280 e. The number of carbonyl (C=O) groups excluding carboxylic acids is 1. The number of hydrogen-bond acceptors (Lipinski definition) is 4. The minimum Gasteiger partial charge on any atom is -0.490 e. The smallest absolute Gasteiger partial charge is 0.280 e. The van der Waals surface area contributed by atoms with Crippen LogP contribution in [0.25, 0.3) is 6.08 Å². The summed E-state index contributed by atoms with van der Waals surface area (Å²) in [5.41, 5.74) is 2.65. The number of benzene rings is 2. The molecule has 1 aliphatic heterocycles. The Balaban J connectivity index is 1.95. The molecule has 5 nitrogen and oxygen atoms in total. The van der Waals surface area contributed by atoms with Crippen LogP contribution in [0.5, 0.6) is 11.5 Å². The van der Waals surface area contributed by atoms with Gasteiger partial charge in [0.2, 0.25) is 0 Å². The Kier molecular flexibility index (Phi) is 6.37. The highest BCUT2D eigenvalue weighted by Crippen LogP contribution is 2.38. The van der Waals surface area contributed by atoms with E-state index in [-0.39, 0.29) is 5.91 Å². The van der Waals surface area contributed by atoms with Crippen molar-refractivity contribution in [2.45, 2.75) is 27.2 Å². The Bertz CT molecular complexity index is 923. The second-order valence-corrected chi connectivity index (χ2v) is 6.71. The van der Waals surface area contributed by atoms with Gasteiger partial charge in [-0.05, 0) is 56.2 Å². The predicted molar refractivity (Wildman–Crippen MR) is 113 cm³/mol. The van der Waals surface area contributed by atoms with Crippen molar-refractivity contribution in [3.8, 4) is 11.5 Å². The first-order valence-corrected chi connectivity index (χ1v) is 9.68. The van der Waals surface area contributed by atoms with E-state index in [1.807, 2.05) is 57.2 Å². The van der Waals surface area contributed by atoms with Crippen molar-refractivity contribution in [3.63, 3.8) is 0 Å². The molecule has 2 aromatic rings. The summed E-state index contributed by atoms with van der Waals surface area (Å²) in [5, 5.41) is 6.26. The quantitative estimate of drug-likeness (QED) is 0.592. The molecule has 1 heterocycles. The molecular formula is C22H23ClN2O3. The Morgan fingerprint density at radius 2 is 1.89 bits per heavy atom. The third-order valence-electron chi connectivity index (χ3n) is 4.16. The molecule has 0 saturated heterocycles. The van der Waals surface area contributed by atoms with Crippen LogP contribution in [0.15, 0.2) is 53.1 Å². The van der Waals surface area contributed by atoms with Gasteiger partial charge in [-0.1, -0.05) is 36.7 Å². The lowest BCUT2D eigenvalue weighted by molar-refractivity contribution is -0.114. The molecule has 0 aliphatic carbocycles. The van der Waals surface area contributed by atoms with Gasteiger partial charge in [0.15, 0.2) is 11.5 Å². The largest absolute Gasteiger partial charge is 0.490 e. The number of hydrogen-bond donors (Lipinski definition) is 0. The minimum atomic E-state index is -0.177. The SMILES string of the molecule is CCCOc1c(Cl)cc(C=C2C(=O)N(c3ccccc3)N=C2C)cc1OCC. The zero-order valence-electron chi connectivity index (χ0n) is 16.2. The summed E-state index contributed by atoms with van der Waals surface area (Å²) < 4.78 is 11.4. The number of amides is 1. The van der Waals surface area contributed by atoms with Gasteiger partial charge in [0.05, 0.1) is 35.2 Å². The molecular weight excluding hydrogens is 376 g/mol. The van der Waals surface area contributed by atoms with Gasteiger partial charge in [-0.15, -0.1) is 0 Å². The maximum atomic E-state index is 12.9. The molecule has 0 bridgehead atoms. The average molecular weight is 399 g/mol. The maximum absolute atomic E-state index is 12.9. The van der Waals surface area contributed by atoms with E-state index in [1.165, 1.54) is 5.01 Å². The molecule has 3 rings (SSSR count). The highest BCUT2D eigenvalue weighted by atomic mass is 35.5. The summed E-state index contributed by atoms with van der Waals surface area (Å²) in [6.45, 7) is 6.78. The van der Waals surface area contributed by atoms with Gasteiger partial charge in [-0.3, -0.25) is 4.79 Å². The van der Waals surface area contributed by atoms with Gasteiger partial charge in [0.1, 0.15) is 0 Å². The molecule has 28 heavy (non-hydrogen) atoms. The normalized spacial score (nSPS) is 15.1. The van der Waals surface area contributed by atoms with E-state index >= 15 is 0 Å². The summed E-state index contributed by atoms with van der Waals surface area (Å²) in [4.78, 5) is 12.9. The second kappa shape index (κ2) is 8.93. The fraction of sp³-hybridized carbons (Fsp3) is 0.273. The van der Waals surface area contributed by atoms with E-state index in [1.54, 1.807) is 12.1 Å². The number of hydrazone groups is 1. The topological polar surface area (TPSA) is 51.1 Å². The first-order valence-electron chi connectivity index (χ1n) is 9.31. The van der Waals surface area contributed by atoms with Crippen LogP contribution in [-0.2, 0) is 4.79 Å². The van der Waals surface area contributed by atoms with Crippen LogP contribution < -0.4 is 14.5 Å². The van der Waals surface area contributed by atoms with Crippen molar-refractivity contribution in [1.82, 2.24) is 0 Å². The van der Waals surface area contributed by atoms with Crippen LogP contribution in [-0.4, -0.2) is 24.8 Å². The van der Waals surface area contributed by atoms with Crippen LogP contribution in [0.4, 0.5) is 5.69 Å². The summed E-state index contributed by atoms with van der Waals surface area (Å²) in [7, 11) is 0. The van der Waals surface area contributed by atoms with Crippen LogP contribution in [0.2, 0.25) is 5.02 Å². The first kappa shape index (κ1) is 20.0. The molecule has 0 spiro atoms. The molecule has 0 fully saturated rings. The van der Waals surface area contributed by atoms with Gasteiger partial charge in [-0.25, -0.2) is 0 Å². The molecule has 0 N–H and O–H groups in total. The summed E-state index contributed by atoms with van der Waals surface area (Å²) in [5.74, 6) is 0.918. The number of halogens is 1. The van der Waals surface area contributed by atoms with Crippen molar-refractivity contribution in [1.29, 1.82) is 0 Å². The second-order valence-electron chi connectivity index (χ2n) is 6.31. The van der Waals surface area contributed by atoms with Crippen LogP contribution in [0.1, 0.15) is 32.8 Å². The summed E-state index contributed by atoms with van der Waals surface area (Å²) >= 11 is 6.43. The fourth-order valence-corrected chi connectivity index (χ4v) is 3.15. The number of carbonyl (C=O) groups is 1. The summed E-state index contributed by atoms with van der Waals surface area (Å²) in [6, 6.07) is 12.9. The average Bonchev–Trinajstić information content (AvgIpc) is 2.96. The molecule has 146 valence electrons. The molecule has 6 heteroatoms. The zero-order valence-corrected chi connectivity index (χ0v) is 17.0. The lowest BCUT2D eigenvalue weighted by Gasteiger charge is -2.14. The van der Waals surface area contributed by atoms with Crippen LogP contribution in [0, 0.1) is 0 Å². The number of para-hydroxylation sites is 1.